The first-order chi connectivity index (χ1) is 23.6. The normalized spacial score (nSPS) is 26.4. The van der Waals surface area contributed by atoms with Crippen LogP contribution in [0.1, 0.15) is 98.8 Å². The zero-order chi connectivity index (χ0) is 37.5. The number of esters is 3. The van der Waals surface area contributed by atoms with Gasteiger partial charge in [0.05, 0.1) is 50.7 Å². The highest BCUT2D eigenvalue weighted by atomic mass is 16.7. The van der Waals surface area contributed by atoms with Crippen molar-refractivity contribution in [1.82, 2.24) is 0 Å². The topological polar surface area (TPSA) is 177 Å². The standard InChI is InChI=1S/C37H60O13/c1-9-13-28-21-31(22-30-15-12-14-29(47-30)19-26(40)20-33(42)48-27(11-3)23-38)50-34(49-28)16-17-36(5,6)37(43,45-8)35(46-24(4)39)25(10-2)18-32(41)44-7/h9,16-18,26-31,34-35,38,40,43H,1,10-15,19-23H2,2-8H3/b17-16+,25-18+/t26-,27-,28+,29+,30-,31+,34+,35+,37-/m1/s1. The Morgan fingerprint density at radius 1 is 1.02 bits per heavy atom. The quantitative estimate of drug-likeness (QED) is 0.0539. The molecule has 0 bridgehead atoms. The fourth-order valence-electron chi connectivity index (χ4n) is 6.37. The Balaban J connectivity index is 2.17. The molecule has 0 aromatic carbocycles. The second-order valence-corrected chi connectivity index (χ2v) is 13.6. The minimum Gasteiger partial charge on any atom is -0.466 e. The van der Waals surface area contributed by atoms with Gasteiger partial charge in [-0.05, 0) is 50.2 Å². The lowest BCUT2D eigenvalue weighted by Crippen LogP contribution is -2.57. The summed E-state index contributed by atoms with van der Waals surface area (Å²) in [5.74, 6) is -3.99. The summed E-state index contributed by atoms with van der Waals surface area (Å²) in [4.78, 5) is 36.5. The van der Waals surface area contributed by atoms with Crippen molar-refractivity contribution in [1.29, 1.82) is 0 Å². The molecule has 0 spiro atoms. The molecule has 50 heavy (non-hydrogen) atoms. The van der Waals surface area contributed by atoms with Gasteiger partial charge in [-0.25, -0.2) is 4.79 Å². The summed E-state index contributed by atoms with van der Waals surface area (Å²) < 4.78 is 40.1. The maximum absolute atomic E-state index is 12.2. The van der Waals surface area contributed by atoms with Gasteiger partial charge in [0.2, 0.25) is 5.79 Å². The predicted octanol–water partition coefficient (Wildman–Crippen LogP) is 4.20. The van der Waals surface area contributed by atoms with E-state index in [1.807, 2.05) is 6.92 Å². The molecule has 0 aliphatic carbocycles. The number of hydrogen-bond acceptors (Lipinski definition) is 13. The number of rotatable bonds is 20. The molecule has 2 aliphatic rings. The number of aliphatic hydroxyl groups excluding tert-OH is 2. The van der Waals surface area contributed by atoms with Crippen molar-refractivity contribution >= 4 is 17.9 Å². The molecule has 3 N–H and O–H groups in total. The molecule has 2 rings (SSSR count). The summed E-state index contributed by atoms with van der Waals surface area (Å²) in [6.45, 7) is 11.8. The maximum atomic E-state index is 12.2. The van der Waals surface area contributed by atoms with E-state index >= 15 is 0 Å². The molecule has 13 heteroatoms. The predicted molar refractivity (Wildman–Crippen MR) is 183 cm³/mol. The van der Waals surface area contributed by atoms with Crippen LogP contribution < -0.4 is 0 Å². The first kappa shape index (κ1) is 43.5. The van der Waals surface area contributed by atoms with Gasteiger partial charge in [-0.15, -0.1) is 6.58 Å². The Bertz CT molecular complexity index is 1150. The van der Waals surface area contributed by atoms with Crippen LogP contribution in [0, 0.1) is 5.41 Å². The van der Waals surface area contributed by atoms with Gasteiger partial charge in [-0.1, -0.05) is 39.8 Å². The average Bonchev–Trinajstić information content (AvgIpc) is 3.07. The van der Waals surface area contributed by atoms with Crippen LogP contribution in [0.25, 0.3) is 0 Å². The van der Waals surface area contributed by atoms with Crippen molar-refractivity contribution in [2.45, 2.75) is 154 Å². The van der Waals surface area contributed by atoms with Gasteiger partial charge in [0, 0.05) is 44.8 Å². The van der Waals surface area contributed by atoms with Crippen LogP contribution in [0.3, 0.4) is 0 Å². The van der Waals surface area contributed by atoms with Gasteiger partial charge in [0.1, 0.15) is 6.10 Å². The fourth-order valence-corrected chi connectivity index (χ4v) is 6.37. The van der Waals surface area contributed by atoms with E-state index in [0.29, 0.717) is 37.7 Å². The number of carbonyl (C=O) groups is 3. The summed E-state index contributed by atoms with van der Waals surface area (Å²) in [6.07, 6.45) is 7.07. The number of ether oxygens (including phenoxy) is 7. The van der Waals surface area contributed by atoms with E-state index in [2.05, 4.69) is 6.58 Å². The molecule has 2 heterocycles. The molecule has 0 aromatic heterocycles. The van der Waals surface area contributed by atoms with Gasteiger partial charge >= 0.3 is 17.9 Å². The minimum atomic E-state index is -2.11. The van der Waals surface area contributed by atoms with E-state index in [1.165, 1.54) is 27.2 Å². The lowest BCUT2D eigenvalue weighted by atomic mass is 9.76. The largest absolute Gasteiger partial charge is 0.466 e. The molecule has 286 valence electrons. The third kappa shape index (κ3) is 13.2. The third-order valence-electron chi connectivity index (χ3n) is 9.26. The molecule has 13 nitrogen and oxygen atoms in total. The summed E-state index contributed by atoms with van der Waals surface area (Å²) in [5.41, 5.74) is -0.901. The van der Waals surface area contributed by atoms with Crippen LogP contribution in [0.5, 0.6) is 0 Å². The Kier molecular flexibility index (Phi) is 18.3. The van der Waals surface area contributed by atoms with E-state index in [4.69, 9.17) is 33.2 Å². The number of carbonyl (C=O) groups excluding carboxylic acids is 3. The average molecular weight is 713 g/mol. The molecule has 2 saturated heterocycles. The monoisotopic (exact) mass is 712 g/mol. The van der Waals surface area contributed by atoms with E-state index in [0.717, 1.165) is 19.3 Å². The maximum Gasteiger partial charge on any atom is 0.330 e. The summed E-state index contributed by atoms with van der Waals surface area (Å²) in [6, 6.07) is 0. The third-order valence-corrected chi connectivity index (χ3v) is 9.26. The molecule has 9 atom stereocenters. The first-order valence-corrected chi connectivity index (χ1v) is 17.6. The van der Waals surface area contributed by atoms with E-state index < -0.39 is 53.7 Å². The van der Waals surface area contributed by atoms with Gasteiger partial charge in [0.25, 0.3) is 0 Å². The first-order valence-electron chi connectivity index (χ1n) is 17.6. The minimum absolute atomic E-state index is 0.127. The highest BCUT2D eigenvalue weighted by Crippen LogP contribution is 2.41. The van der Waals surface area contributed by atoms with Crippen LogP contribution in [0.4, 0.5) is 0 Å². The van der Waals surface area contributed by atoms with Crippen molar-refractivity contribution in [3.8, 4) is 0 Å². The van der Waals surface area contributed by atoms with Crippen molar-refractivity contribution in [3.63, 3.8) is 0 Å². The molecule has 0 amide bonds. The molecule has 0 aromatic rings. The summed E-state index contributed by atoms with van der Waals surface area (Å²) in [7, 11) is 2.52. The van der Waals surface area contributed by atoms with Crippen molar-refractivity contribution in [2.24, 2.45) is 5.41 Å². The Morgan fingerprint density at radius 3 is 2.28 bits per heavy atom. The van der Waals surface area contributed by atoms with Crippen molar-refractivity contribution in [3.05, 3.63) is 36.5 Å². The summed E-state index contributed by atoms with van der Waals surface area (Å²) in [5, 5.41) is 31.8. The van der Waals surface area contributed by atoms with E-state index in [9.17, 15) is 29.7 Å². The van der Waals surface area contributed by atoms with E-state index in [-0.39, 0.29) is 43.9 Å². The second-order valence-electron chi connectivity index (χ2n) is 13.6. The zero-order valence-corrected chi connectivity index (χ0v) is 30.8. The number of methoxy groups -OCH3 is 2. The second kappa shape index (κ2) is 21.0. The van der Waals surface area contributed by atoms with Crippen LogP contribution >= 0.6 is 0 Å². The molecule has 2 aliphatic heterocycles. The van der Waals surface area contributed by atoms with Crippen LogP contribution in [-0.2, 0) is 47.5 Å². The highest BCUT2D eigenvalue weighted by Gasteiger charge is 2.52. The zero-order valence-electron chi connectivity index (χ0n) is 30.8. The lowest BCUT2D eigenvalue weighted by molar-refractivity contribution is -0.283. The smallest absolute Gasteiger partial charge is 0.330 e. The molecule has 2 fully saturated rings. The van der Waals surface area contributed by atoms with Gasteiger partial charge in [-0.3, -0.25) is 9.59 Å². The van der Waals surface area contributed by atoms with Crippen LogP contribution in [0.2, 0.25) is 0 Å². The molecular formula is C37H60O13. The lowest BCUT2D eigenvalue weighted by Gasteiger charge is -2.45. The fraction of sp³-hybridized carbons (Fsp3) is 0.757. The Morgan fingerprint density at radius 2 is 1.70 bits per heavy atom. The van der Waals surface area contributed by atoms with Crippen LogP contribution in [-0.4, -0.2) is 109 Å². The molecule has 0 saturated carbocycles. The highest BCUT2D eigenvalue weighted by molar-refractivity contribution is 5.83. The van der Waals surface area contributed by atoms with Gasteiger partial charge in [0.15, 0.2) is 12.4 Å². The van der Waals surface area contributed by atoms with Gasteiger partial charge in [-0.2, -0.15) is 0 Å². The molecule has 0 radical (unpaired) electrons. The Hall–Kier alpha value is -2.65. The SMILES string of the molecule is C=CC[C@H]1C[C@@H](C[C@H]2CCC[C@@H](C[C@@H](O)CC(=O)O[C@H](CC)CO)O2)O[C@@H](/C=C/C(C)(C)[C@](O)(OC)[C@@H](OC(C)=O)/C(=C/C(=O)OC)CC)O1. The number of hydrogen-bond donors (Lipinski definition) is 3. The van der Waals surface area contributed by atoms with E-state index in [1.54, 1.807) is 39.0 Å². The Labute approximate surface area is 296 Å². The van der Waals surface area contributed by atoms with Crippen LogP contribution in [0.15, 0.2) is 36.5 Å². The molecule has 0 unspecified atom stereocenters. The summed E-state index contributed by atoms with van der Waals surface area (Å²) >= 11 is 0. The molecular weight excluding hydrogens is 652 g/mol. The number of aliphatic hydroxyl groups is 3. The van der Waals surface area contributed by atoms with Crippen molar-refractivity contribution in [2.75, 3.05) is 20.8 Å². The van der Waals surface area contributed by atoms with Crippen molar-refractivity contribution < 1.29 is 62.9 Å². The van der Waals surface area contributed by atoms with Gasteiger partial charge < -0.3 is 48.5 Å².